The molecular weight excluding hydrogens is 396 g/mol. The maximum Gasteiger partial charge on any atom is 0.254 e. The molecule has 1 unspecified atom stereocenters. The molecule has 1 saturated heterocycles. The van der Waals surface area contributed by atoms with Gasteiger partial charge in [0.15, 0.2) is 5.58 Å². The lowest BCUT2D eigenvalue weighted by molar-refractivity contribution is 0.0717. The molecule has 1 aliphatic rings. The number of amides is 1. The SMILES string of the molecule is CC(C)(C)c1ccc(C(=O)N2CCCC2c2nc3cc(-c4ccccc4)ccc3o2)cc1. The summed E-state index contributed by atoms with van der Waals surface area (Å²) < 4.78 is 6.12. The molecule has 162 valence electrons. The first-order valence-electron chi connectivity index (χ1n) is 11.3. The van der Waals surface area contributed by atoms with E-state index in [1.54, 1.807) is 0 Å². The van der Waals surface area contributed by atoms with Crippen molar-refractivity contribution in [3.63, 3.8) is 0 Å². The average molecular weight is 425 g/mol. The number of likely N-dealkylation sites (tertiary alicyclic amines) is 1. The predicted molar refractivity (Wildman–Crippen MR) is 128 cm³/mol. The fourth-order valence-corrected chi connectivity index (χ4v) is 4.44. The highest BCUT2D eigenvalue weighted by molar-refractivity contribution is 5.94. The van der Waals surface area contributed by atoms with Gasteiger partial charge in [-0.15, -0.1) is 0 Å². The van der Waals surface area contributed by atoms with E-state index >= 15 is 0 Å². The topological polar surface area (TPSA) is 46.3 Å². The summed E-state index contributed by atoms with van der Waals surface area (Å²) in [5, 5.41) is 0. The summed E-state index contributed by atoms with van der Waals surface area (Å²) in [4.78, 5) is 20.0. The summed E-state index contributed by atoms with van der Waals surface area (Å²) in [7, 11) is 0. The van der Waals surface area contributed by atoms with Crippen molar-refractivity contribution in [1.82, 2.24) is 9.88 Å². The zero-order valence-electron chi connectivity index (χ0n) is 18.8. The molecule has 1 fully saturated rings. The quantitative estimate of drug-likeness (QED) is 0.365. The molecule has 0 bridgehead atoms. The van der Waals surface area contributed by atoms with Crippen molar-refractivity contribution in [2.45, 2.75) is 45.1 Å². The van der Waals surface area contributed by atoms with Gasteiger partial charge in [-0.25, -0.2) is 4.98 Å². The molecule has 1 aliphatic heterocycles. The molecule has 0 aliphatic carbocycles. The summed E-state index contributed by atoms with van der Waals surface area (Å²) in [6.45, 7) is 7.25. The molecule has 0 radical (unpaired) electrons. The van der Waals surface area contributed by atoms with E-state index in [0.717, 1.165) is 41.6 Å². The molecule has 1 amide bonds. The molecule has 32 heavy (non-hydrogen) atoms. The van der Waals surface area contributed by atoms with Gasteiger partial charge in [0.1, 0.15) is 11.6 Å². The van der Waals surface area contributed by atoms with Crippen LogP contribution in [0.4, 0.5) is 0 Å². The molecule has 3 aromatic carbocycles. The summed E-state index contributed by atoms with van der Waals surface area (Å²) in [6, 6.07) is 24.2. The molecule has 1 aromatic heterocycles. The zero-order valence-corrected chi connectivity index (χ0v) is 18.8. The fraction of sp³-hybridized carbons (Fsp3) is 0.286. The van der Waals surface area contributed by atoms with Crippen molar-refractivity contribution in [1.29, 1.82) is 0 Å². The first kappa shape index (κ1) is 20.5. The van der Waals surface area contributed by atoms with Crippen molar-refractivity contribution in [2.24, 2.45) is 0 Å². The lowest BCUT2D eigenvalue weighted by Gasteiger charge is -2.23. The van der Waals surface area contributed by atoms with Crippen LogP contribution in [-0.4, -0.2) is 22.3 Å². The standard InChI is InChI=1S/C28H28N2O2/c1-28(2,3)22-14-11-20(12-15-22)27(31)30-17-7-10-24(30)26-29-23-18-21(13-16-25(23)32-26)19-8-5-4-6-9-19/h4-6,8-9,11-16,18,24H,7,10,17H2,1-3H3. The number of hydrogen-bond acceptors (Lipinski definition) is 3. The Morgan fingerprint density at radius 2 is 1.72 bits per heavy atom. The van der Waals surface area contributed by atoms with Crippen molar-refractivity contribution in [3.8, 4) is 11.1 Å². The number of rotatable bonds is 3. The summed E-state index contributed by atoms with van der Waals surface area (Å²) in [6.07, 6.45) is 1.81. The molecule has 4 aromatic rings. The Kier molecular flexibility index (Phi) is 5.09. The summed E-state index contributed by atoms with van der Waals surface area (Å²) in [5.41, 5.74) is 5.84. The normalized spacial score (nSPS) is 16.6. The van der Waals surface area contributed by atoms with Gasteiger partial charge in [0, 0.05) is 12.1 Å². The Balaban J connectivity index is 1.42. The number of nitrogens with zero attached hydrogens (tertiary/aromatic N) is 2. The smallest absolute Gasteiger partial charge is 0.254 e. The molecule has 0 saturated carbocycles. The number of hydrogen-bond donors (Lipinski definition) is 0. The Labute approximate surface area is 188 Å². The van der Waals surface area contributed by atoms with Crippen LogP contribution < -0.4 is 0 Å². The van der Waals surface area contributed by atoms with Crippen molar-refractivity contribution < 1.29 is 9.21 Å². The minimum Gasteiger partial charge on any atom is -0.438 e. The van der Waals surface area contributed by atoms with E-state index in [9.17, 15) is 4.79 Å². The van der Waals surface area contributed by atoms with E-state index in [1.165, 1.54) is 5.56 Å². The number of carbonyl (C=O) groups is 1. The minimum atomic E-state index is -0.127. The third-order valence-electron chi connectivity index (χ3n) is 6.31. The van der Waals surface area contributed by atoms with Crippen LogP contribution in [0.2, 0.25) is 0 Å². The van der Waals surface area contributed by atoms with Gasteiger partial charge >= 0.3 is 0 Å². The van der Waals surface area contributed by atoms with Gasteiger partial charge in [-0.05, 0) is 59.2 Å². The van der Waals surface area contributed by atoms with E-state index in [-0.39, 0.29) is 17.4 Å². The molecule has 5 rings (SSSR count). The lowest BCUT2D eigenvalue weighted by atomic mass is 9.86. The minimum absolute atomic E-state index is 0.0418. The summed E-state index contributed by atoms with van der Waals surface area (Å²) >= 11 is 0. The third kappa shape index (κ3) is 3.81. The Bertz CT molecular complexity index is 1250. The zero-order chi connectivity index (χ0) is 22.3. The average Bonchev–Trinajstić information content (AvgIpc) is 3.45. The van der Waals surface area contributed by atoms with Crippen LogP contribution in [0.1, 0.15) is 61.5 Å². The Morgan fingerprint density at radius 1 is 0.969 bits per heavy atom. The first-order chi connectivity index (χ1) is 15.4. The van der Waals surface area contributed by atoms with Crippen LogP contribution in [0.3, 0.4) is 0 Å². The number of aromatic nitrogens is 1. The second-order valence-corrected chi connectivity index (χ2v) is 9.58. The van der Waals surface area contributed by atoms with Gasteiger partial charge in [0.2, 0.25) is 5.89 Å². The predicted octanol–water partition coefficient (Wildman–Crippen LogP) is 6.77. The number of benzene rings is 3. The van der Waals surface area contributed by atoms with Gasteiger partial charge in [-0.1, -0.05) is 69.3 Å². The summed E-state index contributed by atoms with van der Waals surface area (Å²) in [5.74, 6) is 0.669. The van der Waals surface area contributed by atoms with Gasteiger partial charge in [0.25, 0.3) is 5.91 Å². The first-order valence-corrected chi connectivity index (χ1v) is 11.3. The van der Waals surface area contributed by atoms with E-state index in [1.807, 2.05) is 41.3 Å². The number of oxazole rings is 1. The van der Waals surface area contributed by atoms with E-state index in [4.69, 9.17) is 9.40 Å². The molecule has 1 atom stereocenters. The molecule has 4 nitrogen and oxygen atoms in total. The van der Waals surface area contributed by atoms with Gasteiger partial charge in [-0.2, -0.15) is 0 Å². The third-order valence-corrected chi connectivity index (χ3v) is 6.31. The van der Waals surface area contributed by atoms with Crippen LogP contribution >= 0.6 is 0 Å². The maximum absolute atomic E-state index is 13.3. The molecular formula is C28H28N2O2. The highest BCUT2D eigenvalue weighted by Crippen LogP contribution is 2.35. The highest BCUT2D eigenvalue weighted by atomic mass is 16.3. The largest absolute Gasteiger partial charge is 0.438 e. The second kappa shape index (κ2) is 7.94. The molecule has 2 heterocycles. The van der Waals surface area contributed by atoms with Crippen molar-refractivity contribution in [3.05, 3.63) is 89.8 Å². The van der Waals surface area contributed by atoms with Crippen LogP contribution in [0.25, 0.3) is 22.2 Å². The Hall–Kier alpha value is -3.40. The van der Waals surface area contributed by atoms with Gasteiger partial charge in [0.05, 0.1) is 0 Å². The molecule has 4 heteroatoms. The van der Waals surface area contributed by atoms with Crippen LogP contribution in [0, 0.1) is 0 Å². The van der Waals surface area contributed by atoms with Crippen LogP contribution in [0.15, 0.2) is 77.2 Å². The fourth-order valence-electron chi connectivity index (χ4n) is 4.44. The monoisotopic (exact) mass is 424 g/mol. The maximum atomic E-state index is 13.3. The van der Waals surface area contributed by atoms with Crippen LogP contribution in [-0.2, 0) is 5.41 Å². The van der Waals surface area contributed by atoms with E-state index in [2.05, 4.69) is 57.2 Å². The molecule has 0 spiro atoms. The second-order valence-electron chi connectivity index (χ2n) is 9.58. The Morgan fingerprint density at radius 3 is 2.44 bits per heavy atom. The lowest BCUT2D eigenvalue weighted by Crippen LogP contribution is -2.30. The number of fused-ring (bicyclic) bond motifs is 1. The molecule has 0 N–H and O–H groups in total. The van der Waals surface area contributed by atoms with E-state index < -0.39 is 0 Å². The highest BCUT2D eigenvalue weighted by Gasteiger charge is 2.34. The van der Waals surface area contributed by atoms with Gasteiger partial charge in [-0.3, -0.25) is 4.79 Å². The van der Waals surface area contributed by atoms with E-state index in [0.29, 0.717) is 11.5 Å². The van der Waals surface area contributed by atoms with Gasteiger partial charge < -0.3 is 9.32 Å². The van der Waals surface area contributed by atoms with Crippen molar-refractivity contribution >= 4 is 17.0 Å². The van der Waals surface area contributed by atoms with Crippen molar-refractivity contribution in [2.75, 3.05) is 6.54 Å². The number of carbonyl (C=O) groups excluding carboxylic acids is 1. The van der Waals surface area contributed by atoms with Crippen LogP contribution in [0.5, 0.6) is 0 Å².